The number of hydrogen-bond donors (Lipinski definition) is 5. The molecule has 126 valence electrons. The molecule has 1 aliphatic rings. The number of nitrogens with one attached hydrogen (secondary N) is 1. The second kappa shape index (κ2) is 8.66. The Bertz CT molecular complexity index is 417. The molecule has 0 bridgehead atoms. The van der Waals surface area contributed by atoms with Crippen LogP contribution in [0.5, 0.6) is 0 Å². The van der Waals surface area contributed by atoms with E-state index in [0.29, 0.717) is 19.4 Å². The van der Waals surface area contributed by atoms with Crippen molar-refractivity contribution in [3.63, 3.8) is 0 Å². The second-order valence-corrected chi connectivity index (χ2v) is 5.40. The van der Waals surface area contributed by atoms with Crippen molar-refractivity contribution >= 4 is 17.8 Å². The van der Waals surface area contributed by atoms with Gasteiger partial charge in [0.15, 0.2) is 0 Å². The molecule has 9 heteroatoms. The van der Waals surface area contributed by atoms with Crippen LogP contribution in [0.4, 0.5) is 0 Å². The van der Waals surface area contributed by atoms with Gasteiger partial charge >= 0.3 is 5.97 Å². The number of amides is 2. The smallest absolute Gasteiger partial charge is 0.322 e. The van der Waals surface area contributed by atoms with Crippen LogP contribution in [-0.4, -0.2) is 70.7 Å². The summed E-state index contributed by atoms with van der Waals surface area (Å²) in [7, 11) is 0. The number of likely N-dealkylation sites (tertiary alicyclic amines) is 1. The van der Waals surface area contributed by atoms with Crippen LogP contribution in [0.2, 0.25) is 0 Å². The molecule has 0 aromatic heterocycles. The Hall–Kier alpha value is -1.71. The highest BCUT2D eigenvalue weighted by Gasteiger charge is 2.40. The van der Waals surface area contributed by atoms with Gasteiger partial charge in [-0.2, -0.15) is 0 Å². The summed E-state index contributed by atoms with van der Waals surface area (Å²) in [5.74, 6) is -2.19. The lowest BCUT2D eigenvalue weighted by molar-refractivity contribution is -0.141. The SMILES string of the molecule is NCCCC[C@H](N)C(=O)N1C[C@H](O)C[C@H]1C(=O)NCC(=O)O. The van der Waals surface area contributed by atoms with Crippen molar-refractivity contribution in [3.8, 4) is 0 Å². The Morgan fingerprint density at radius 2 is 2.00 bits per heavy atom. The zero-order valence-corrected chi connectivity index (χ0v) is 12.4. The van der Waals surface area contributed by atoms with E-state index < -0.39 is 42.5 Å². The number of nitrogens with zero attached hydrogens (tertiary/aromatic N) is 1. The maximum Gasteiger partial charge on any atom is 0.322 e. The number of nitrogens with two attached hydrogens (primary N) is 2. The molecular formula is C13H24N4O5. The van der Waals surface area contributed by atoms with E-state index in [9.17, 15) is 19.5 Å². The van der Waals surface area contributed by atoms with E-state index in [2.05, 4.69) is 5.32 Å². The van der Waals surface area contributed by atoms with Gasteiger partial charge < -0.3 is 31.9 Å². The molecule has 7 N–H and O–H groups in total. The molecule has 9 nitrogen and oxygen atoms in total. The average Bonchev–Trinajstić information content (AvgIpc) is 2.86. The number of aliphatic hydroxyl groups excluding tert-OH is 1. The van der Waals surface area contributed by atoms with Crippen molar-refractivity contribution in [1.82, 2.24) is 10.2 Å². The number of β-amino-alcohol motifs (C(OH)–C–C–N with tert-alkyl or cyclic N) is 1. The Labute approximate surface area is 128 Å². The topological polar surface area (TPSA) is 159 Å². The summed E-state index contributed by atoms with van der Waals surface area (Å²) in [4.78, 5) is 36.0. The lowest BCUT2D eigenvalue weighted by Gasteiger charge is -2.26. The zero-order valence-electron chi connectivity index (χ0n) is 12.4. The van der Waals surface area contributed by atoms with Gasteiger partial charge in [0.25, 0.3) is 0 Å². The first-order valence-electron chi connectivity index (χ1n) is 7.30. The van der Waals surface area contributed by atoms with Crippen LogP contribution in [0.25, 0.3) is 0 Å². The van der Waals surface area contributed by atoms with Gasteiger partial charge in [0.2, 0.25) is 11.8 Å². The highest BCUT2D eigenvalue weighted by molar-refractivity contribution is 5.91. The van der Waals surface area contributed by atoms with Gasteiger partial charge in [0.1, 0.15) is 12.6 Å². The van der Waals surface area contributed by atoms with Gasteiger partial charge in [-0.05, 0) is 19.4 Å². The van der Waals surface area contributed by atoms with Crippen molar-refractivity contribution in [2.75, 3.05) is 19.6 Å². The van der Waals surface area contributed by atoms with Crippen LogP contribution in [-0.2, 0) is 14.4 Å². The standard InChI is InChI=1S/C13H24N4O5/c14-4-2-1-3-9(15)13(22)17-7-8(18)5-10(17)12(21)16-6-11(19)20/h8-10,18H,1-7,14-15H2,(H,16,21)(H,19,20)/t8-,9+,10+/m1/s1. The molecule has 0 aromatic carbocycles. The van der Waals surface area contributed by atoms with E-state index in [-0.39, 0.29) is 13.0 Å². The maximum absolute atomic E-state index is 12.3. The van der Waals surface area contributed by atoms with Crippen LogP contribution >= 0.6 is 0 Å². The molecule has 2 amide bonds. The lowest BCUT2D eigenvalue weighted by atomic mass is 10.1. The van der Waals surface area contributed by atoms with Crippen molar-refractivity contribution in [1.29, 1.82) is 0 Å². The third-order valence-corrected chi connectivity index (χ3v) is 3.57. The van der Waals surface area contributed by atoms with Crippen LogP contribution in [0.1, 0.15) is 25.7 Å². The summed E-state index contributed by atoms with van der Waals surface area (Å²) >= 11 is 0. The van der Waals surface area contributed by atoms with Gasteiger partial charge in [-0.25, -0.2) is 0 Å². The summed E-state index contributed by atoms with van der Waals surface area (Å²) in [6, 6.07) is -1.64. The first-order valence-corrected chi connectivity index (χ1v) is 7.30. The molecule has 1 saturated heterocycles. The maximum atomic E-state index is 12.3. The Balaban J connectivity index is 2.62. The number of carboxylic acid groups (broad SMARTS) is 1. The summed E-state index contributed by atoms with van der Waals surface area (Å²) < 4.78 is 0. The largest absolute Gasteiger partial charge is 0.480 e. The number of aliphatic hydroxyl groups is 1. The third kappa shape index (κ3) is 5.24. The number of aliphatic carboxylic acids is 1. The van der Waals surface area contributed by atoms with Crippen molar-refractivity contribution < 1.29 is 24.6 Å². The number of carboxylic acids is 1. The predicted molar refractivity (Wildman–Crippen MR) is 77.7 cm³/mol. The molecule has 0 spiro atoms. The quantitative estimate of drug-likeness (QED) is 0.312. The molecule has 1 aliphatic heterocycles. The van der Waals surface area contributed by atoms with Gasteiger partial charge in [0, 0.05) is 13.0 Å². The molecule has 1 heterocycles. The number of rotatable bonds is 8. The molecule has 1 rings (SSSR count). The number of carbonyl (C=O) groups excluding carboxylic acids is 2. The molecular weight excluding hydrogens is 292 g/mol. The van der Waals surface area contributed by atoms with Crippen LogP contribution in [0.3, 0.4) is 0 Å². The number of carbonyl (C=O) groups is 3. The van der Waals surface area contributed by atoms with E-state index in [1.54, 1.807) is 0 Å². The molecule has 0 aromatic rings. The van der Waals surface area contributed by atoms with Crippen molar-refractivity contribution in [3.05, 3.63) is 0 Å². The van der Waals surface area contributed by atoms with Crippen LogP contribution in [0, 0.1) is 0 Å². The fourth-order valence-electron chi connectivity index (χ4n) is 2.43. The zero-order chi connectivity index (χ0) is 16.7. The summed E-state index contributed by atoms with van der Waals surface area (Å²) in [5.41, 5.74) is 11.2. The highest BCUT2D eigenvalue weighted by Crippen LogP contribution is 2.19. The predicted octanol–water partition coefficient (Wildman–Crippen LogP) is -2.39. The van der Waals surface area contributed by atoms with E-state index in [0.717, 1.165) is 6.42 Å². The van der Waals surface area contributed by atoms with Gasteiger partial charge in [-0.1, -0.05) is 6.42 Å². The summed E-state index contributed by atoms with van der Waals surface area (Å²) in [6.45, 7) is 0.00809. The fourth-order valence-corrected chi connectivity index (χ4v) is 2.43. The molecule has 22 heavy (non-hydrogen) atoms. The first-order chi connectivity index (χ1) is 10.4. The minimum absolute atomic E-state index is 0.0224. The Morgan fingerprint density at radius 1 is 1.32 bits per heavy atom. The fraction of sp³-hybridized carbons (Fsp3) is 0.769. The minimum Gasteiger partial charge on any atom is -0.480 e. The van der Waals surface area contributed by atoms with Crippen LogP contribution in [0.15, 0.2) is 0 Å². The monoisotopic (exact) mass is 316 g/mol. The van der Waals surface area contributed by atoms with E-state index in [4.69, 9.17) is 16.6 Å². The van der Waals surface area contributed by atoms with Gasteiger partial charge in [-0.15, -0.1) is 0 Å². The third-order valence-electron chi connectivity index (χ3n) is 3.57. The van der Waals surface area contributed by atoms with E-state index >= 15 is 0 Å². The Kier molecular flexibility index (Phi) is 7.22. The lowest BCUT2D eigenvalue weighted by Crippen LogP contribution is -2.51. The molecule has 3 atom stereocenters. The second-order valence-electron chi connectivity index (χ2n) is 5.40. The Morgan fingerprint density at radius 3 is 2.59 bits per heavy atom. The number of hydrogen-bond acceptors (Lipinski definition) is 6. The van der Waals surface area contributed by atoms with Crippen molar-refractivity contribution in [2.45, 2.75) is 43.9 Å². The summed E-state index contributed by atoms with van der Waals surface area (Å²) in [6.07, 6.45) is 1.17. The van der Waals surface area contributed by atoms with E-state index in [1.165, 1.54) is 4.90 Å². The normalized spacial score (nSPS) is 22.4. The minimum atomic E-state index is -1.18. The van der Waals surface area contributed by atoms with Gasteiger partial charge in [0.05, 0.1) is 12.1 Å². The van der Waals surface area contributed by atoms with Crippen LogP contribution < -0.4 is 16.8 Å². The molecule has 0 saturated carbocycles. The molecule has 0 radical (unpaired) electrons. The molecule has 0 unspecified atom stereocenters. The summed E-state index contributed by atoms with van der Waals surface area (Å²) in [5, 5.41) is 20.5. The highest BCUT2D eigenvalue weighted by atomic mass is 16.4. The molecule has 1 fully saturated rings. The van der Waals surface area contributed by atoms with Crippen molar-refractivity contribution in [2.24, 2.45) is 11.5 Å². The van der Waals surface area contributed by atoms with E-state index in [1.807, 2.05) is 0 Å². The number of unbranched alkanes of at least 4 members (excludes halogenated alkanes) is 1. The van der Waals surface area contributed by atoms with Gasteiger partial charge in [-0.3, -0.25) is 14.4 Å². The first kappa shape index (κ1) is 18.3. The molecule has 0 aliphatic carbocycles. The average molecular weight is 316 g/mol.